The number of hydrogen-bond acceptors (Lipinski definition) is 5. The smallest absolute Gasteiger partial charge is 0.270 e. The Morgan fingerprint density at radius 3 is 2.53 bits per heavy atom. The first kappa shape index (κ1) is 20.4. The van der Waals surface area contributed by atoms with Gasteiger partial charge in [0.2, 0.25) is 12.3 Å². The highest BCUT2D eigenvalue weighted by Gasteiger charge is 2.45. The normalized spacial score (nSPS) is 24.1. The lowest BCUT2D eigenvalue weighted by atomic mass is 10.1. The van der Waals surface area contributed by atoms with Crippen LogP contribution >= 0.6 is 0 Å². The number of anilines is 1. The van der Waals surface area contributed by atoms with Crippen LogP contribution in [0.5, 0.6) is 5.75 Å². The number of hydrogen-bond donors (Lipinski definition) is 0. The highest BCUT2D eigenvalue weighted by atomic mass is 16.5. The number of benzene rings is 2. The predicted molar refractivity (Wildman–Crippen MR) is 113 cm³/mol. The van der Waals surface area contributed by atoms with Crippen molar-refractivity contribution in [1.29, 1.82) is 0 Å². The number of carbonyl (C=O) groups excluding carboxylic acids is 2. The Morgan fingerprint density at radius 1 is 1.13 bits per heavy atom. The van der Waals surface area contributed by atoms with Gasteiger partial charge in [0.05, 0.1) is 30.9 Å². The summed E-state index contributed by atoms with van der Waals surface area (Å²) in [5, 5.41) is 3.45. The topological polar surface area (TPSA) is 62.3 Å². The molecule has 0 aliphatic carbocycles. The fourth-order valence-corrected chi connectivity index (χ4v) is 4.28. The molecule has 2 heterocycles. The molecule has 2 amide bonds. The van der Waals surface area contributed by atoms with Crippen LogP contribution in [0.4, 0.5) is 5.69 Å². The molecule has 2 aliphatic heterocycles. The van der Waals surface area contributed by atoms with E-state index in [1.54, 1.807) is 30.1 Å². The molecule has 4 rings (SSSR count). The van der Waals surface area contributed by atoms with Crippen LogP contribution in [0.15, 0.2) is 48.5 Å². The lowest BCUT2D eigenvalue weighted by Gasteiger charge is -2.48. The average Bonchev–Trinajstić information content (AvgIpc) is 2.82. The van der Waals surface area contributed by atoms with Crippen molar-refractivity contribution in [3.63, 3.8) is 0 Å². The Balaban J connectivity index is 1.76. The standard InChI is InChI=1S/C23H27N3O4/c1-15-13-16(2)30-23-25(21(27)14-17-9-11-18(29-4)12-10-17)20-8-6-5-7-19(20)22(28)24(3)26(15)23/h5-12,15-16,23H,13-14H2,1-4H3/t15-,16+,23-/m1/s1. The molecule has 0 bridgehead atoms. The minimum atomic E-state index is -0.688. The zero-order chi connectivity index (χ0) is 21.4. The molecule has 158 valence electrons. The van der Waals surface area contributed by atoms with Gasteiger partial charge in [-0.05, 0) is 50.1 Å². The molecule has 7 heteroatoms. The number of methoxy groups -OCH3 is 1. The number of hydrazine groups is 1. The second-order valence-electron chi connectivity index (χ2n) is 7.87. The highest BCUT2D eigenvalue weighted by Crippen LogP contribution is 2.35. The fourth-order valence-electron chi connectivity index (χ4n) is 4.28. The molecule has 0 saturated carbocycles. The van der Waals surface area contributed by atoms with Gasteiger partial charge in [-0.25, -0.2) is 0 Å². The zero-order valence-corrected chi connectivity index (χ0v) is 17.7. The maximum atomic E-state index is 13.6. The summed E-state index contributed by atoms with van der Waals surface area (Å²) >= 11 is 0. The van der Waals surface area contributed by atoms with Gasteiger partial charge >= 0.3 is 0 Å². The summed E-state index contributed by atoms with van der Waals surface area (Å²) in [4.78, 5) is 28.4. The summed E-state index contributed by atoms with van der Waals surface area (Å²) in [5.74, 6) is 0.454. The largest absolute Gasteiger partial charge is 0.497 e. The van der Waals surface area contributed by atoms with Crippen molar-refractivity contribution in [2.24, 2.45) is 0 Å². The maximum Gasteiger partial charge on any atom is 0.270 e. The van der Waals surface area contributed by atoms with Crippen LogP contribution in [-0.4, -0.2) is 54.5 Å². The molecule has 1 fully saturated rings. The second-order valence-corrected chi connectivity index (χ2v) is 7.87. The molecule has 2 aliphatic rings. The quantitative estimate of drug-likeness (QED) is 0.780. The molecular formula is C23H27N3O4. The number of amides is 2. The van der Waals surface area contributed by atoms with Gasteiger partial charge in [-0.15, -0.1) is 0 Å². The van der Waals surface area contributed by atoms with Gasteiger partial charge in [0.15, 0.2) is 0 Å². The van der Waals surface area contributed by atoms with Gasteiger partial charge in [0, 0.05) is 13.1 Å². The summed E-state index contributed by atoms with van der Waals surface area (Å²) in [6, 6.07) is 14.7. The van der Waals surface area contributed by atoms with Gasteiger partial charge in [0.25, 0.3) is 5.91 Å². The molecule has 30 heavy (non-hydrogen) atoms. The molecule has 1 saturated heterocycles. The van der Waals surface area contributed by atoms with Crippen LogP contribution in [0, 0.1) is 0 Å². The van der Waals surface area contributed by atoms with E-state index >= 15 is 0 Å². The van der Waals surface area contributed by atoms with Crippen molar-refractivity contribution >= 4 is 17.5 Å². The molecule has 3 atom stereocenters. The van der Waals surface area contributed by atoms with E-state index < -0.39 is 6.35 Å². The van der Waals surface area contributed by atoms with Crippen LogP contribution < -0.4 is 9.64 Å². The van der Waals surface area contributed by atoms with Crippen LogP contribution in [0.3, 0.4) is 0 Å². The van der Waals surface area contributed by atoms with E-state index in [0.717, 1.165) is 17.7 Å². The van der Waals surface area contributed by atoms with Crippen LogP contribution in [0.2, 0.25) is 0 Å². The van der Waals surface area contributed by atoms with Gasteiger partial charge < -0.3 is 9.47 Å². The third kappa shape index (κ3) is 3.55. The Labute approximate surface area is 176 Å². The molecule has 2 aromatic rings. The van der Waals surface area contributed by atoms with E-state index in [4.69, 9.17) is 9.47 Å². The van der Waals surface area contributed by atoms with Crippen LogP contribution in [0.25, 0.3) is 0 Å². The van der Waals surface area contributed by atoms with Crippen molar-refractivity contribution in [3.8, 4) is 5.75 Å². The fraction of sp³-hybridized carbons (Fsp3) is 0.391. The van der Waals surface area contributed by atoms with Gasteiger partial charge in [0.1, 0.15) is 5.75 Å². The Hall–Kier alpha value is -2.90. The predicted octanol–water partition coefficient (Wildman–Crippen LogP) is 3.05. The SMILES string of the molecule is COc1ccc(CC(=O)N2c3ccccc3C(=O)N(C)N3[C@H](C)C[C@H](C)O[C@H]23)cc1. The highest BCUT2D eigenvalue weighted by molar-refractivity contribution is 6.06. The summed E-state index contributed by atoms with van der Waals surface area (Å²) in [6.07, 6.45) is 0.232. The van der Waals surface area contributed by atoms with Crippen molar-refractivity contribution in [2.75, 3.05) is 19.1 Å². The van der Waals surface area contributed by atoms with Gasteiger partial charge in [-0.3, -0.25) is 19.5 Å². The third-order valence-corrected chi connectivity index (χ3v) is 5.74. The summed E-state index contributed by atoms with van der Waals surface area (Å²) in [6.45, 7) is 4.05. The minimum absolute atomic E-state index is 0.0358. The first-order valence-corrected chi connectivity index (χ1v) is 10.2. The second kappa shape index (κ2) is 8.08. The lowest BCUT2D eigenvalue weighted by molar-refractivity contribution is -0.214. The zero-order valence-electron chi connectivity index (χ0n) is 17.7. The number of ether oxygens (including phenoxy) is 2. The summed E-state index contributed by atoms with van der Waals surface area (Å²) in [5.41, 5.74) is 1.92. The van der Waals surface area contributed by atoms with Crippen molar-refractivity contribution in [2.45, 2.75) is 45.2 Å². The summed E-state index contributed by atoms with van der Waals surface area (Å²) < 4.78 is 11.4. The molecule has 0 unspecified atom stereocenters. The molecule has 0 spiro atoms. The molecule has 2 aromatic carbocycles. The minimum Gasteiger partial charge on any atom is -0.497 e. The van der Waals surface area contributed by atoms with Crippen LogP contribution in [0.1, 0.15) is 36.2 Å². The van der Waals surface area contributed by atoms with Crippen molar-refractivity contribution in [3.05, 3.63) is 59.7 Å². The monoisotopic (exact) mass is 409 g/mol. The number of fused-ring (bicyclic) bond motifs is 2. The van der Waals surface area contributed by atoms with E-state index in [-0.39, 0.29) is 30.4 Å². The van der Waals surface area contributed by atoms with E-state index in [2.05, 4.69) is 6.92 Å². The maximum absolute atomic E-state index is 13.6. The molecule has 0 radical (unpaired) electrons. The van der Waals surface area contributed by atoms with Gasteiger partial charge in [-0.2, -0.15) is 5.01 Å². The van der Waals surface area contributed by atoms with E-state index in [0.29, 0.717) is 11.3 Å². The molecule has 0 aromatic heterocycles. The first-order valence-electron chi connectivity index (χ1n) is 10.2. The Kier molecular flexibility index (Phi) is 5.49. The lowest BCUT2D eigenvalue weighted by Crippen LogP contribution is -2.64. The number of nitrogens with zero attached hydrogens (tertiary/aromatic N) is 3. The third-order valence-electron chi connectivity index (χ3n) is 5.74. The average molecular weight is 409 g/mol. The molecule has 0 N–H and O–H groups in total. The van der Waals surface area contributed by atoms with Gasteiger partial charge in [-0.1, -0.05) is 24.3 Å². The number of rotatable bonds is 3. The number of carbonyl (C=O) groups is 2. The summed E-state index contributed by atoms with van der Waals surface area (Å²) in [7, 11) is 3.35. The molecular weight excluding hydrogens is 382 g/mol. The Morgan fingerprint density at radius 2 is 1.83 bits per heavy atom. The van der Waals surface area contributed by atoms with E-state index in [1.165, 1.54) is 0 Å². The van der Waals surface area contributed by atoms with Crippen molar-refractivity contribution < 1.29 is 19.1 Å². The van der Waals surface area contributed by atoms with Crippen LogP contribution in [-0.2, 0) is 16.0 Å². The molecule has 7 nitrogen and oxygen atoms in total. The number of para-hydroxylation sites is 1. The first-order chi connectivity index (χ1) is 14.4. The van der Waals surface area contributed by atoms with Crippen molar-refractivity contribution in [1.82, 2.24) is 10.0 Å². The van der Waals surface area contributed by atoms with E-state index in [1.807, 2.05) is 54.4 Å². The Bertz CT molecular complexity index is 946. The van der Waals surface area contributed by atoms with E-state index in [9.17, 15) is 9.59 Å².